The van der Waals surface area contributed by atoms with Crippen LogP contribution in [-0.2, 0) is 4.74 Å². The molecule has 114 valence electrons. The minimum Gasteiger partial charge on any atom is -0.426 e. The van der Waals surface area contributed by atoms with Gasteiger partial charge in [0.1, 0.15) is 5.75 Å². The van der Waals surface area contributed by atoms with Gasteiger partial charge in [0.2, 0.25) is 0 Å². The standard InChI is InChI=1S/C17H19N3O2/c18-17(22-16-4-2-1-3-5-16)19-14-6-8-15(9-7-14)20-10-12-21-13-11-20/h1-9H,10-13H2,(H2,18,19). The molecule has 1 heterocycles. The Kier molecular flexibility index (Phi) is 4.56. The van der Waals surface area contributed by atoms with Gasteiger partial charge >= 0.3 is 0 Å². The Bertz CT molecular complexity index is 608. The molecule has 0 atom stereocenters. The summed E-state index contributed by atoms with van der Waals surface area (Å²) < 4.78 is 10.8. The maximum atomic E-state index is 7.85. The highest BCUT2D eigenvalue weighted by molar-refractivity contribution is 5.88. The van der Waals surface area contributed by atoms with Gasteiger partial charge in [0, 0.05) is 24.5 Å². The van der Waals surface area contributed by atoms with E-state index in [2.05, 4.69) is 10.2 Å². The number of ether oxygens (including phenoxy) is 2. The van der Waals surface area contributed by atoms with Crippen molar-refractivity contribution in [3.63, 3.8) is 0 Å². The van der Waals surface area contributed by atoms with Gasteiger partial charge in [-0.05, 0) is 36.4 Å². The van der Waals surface area contributed by atoms with Gasteiger partial charge in [0.05, 0.1) is 13.2 Å². The highest BCUT2D eigenvalue weighted by Crippen LogP contribution is 2.19. The van der Waals surface area contributed by atoms with Gasteiger partial charge in [-0.15, -0.1) is 0 Å². The zero-order chi connectivity index (χ0) is 15.2. The first kappa shape index (κ1) is 14.4. The summed E-state index contributed by atoms with van der Waals surface area (Å²) in [5, 5.41) is 10.8. The Morgan fingerprint density at radius 2 is 1.68 bits per heavy atom. The smallest absolute Gasteiger partial charge is 0.291 e. The molecule has 1 fully saturated rings. The summed E-state index contributed by atoms with van der Waals surface area (Å²) in [7, 11) is 0. The molecule has 2 N–H and O–H groups in total. The highest BCUT2D eigenvalue weighted by Gasteiger charge is 2.11. The lowest BCUT2D eigenvalue weighted by atomic mass is 10.2. The Hall–Kier alpha value is -2.53. The second-order valence-corrected chi connectivity index (χ2v) is 5.02. The van der Waals surface area contributed by atoms with E-state index in [0.29, 0.717) is 5.75 Å². The number of benzene rings is 2. The van der Waals surface area contributed by atoms with Crippen LogP contribution in [-0.4, -0.2) is 32.3 Å². The minimum absolute atomic E-state index is 0.00493. The van der Waals surface area contributed by atoms with Gasteiger partial charge < -0.3 is 19.7 Å². The average molecular weight is 297 g/mol. The fourth-order valence-electron chi connectivity index (χ4n) is 2.34. The van der Waals surface area contributed by atoms with Crippen molar-refractivity contribution >= 4 is 17.4 Å². The monoisotopic (exact) mass is 297 g/mol. The van der Waals surface area contributed by atoms with Crippen LogP contribution in [0.5, 0.6) is 5.75 Å². The summed E-state index contributed by atoms with van der Waals surface area (Å²) in [5.41, 5.74) is 2.00. The maximum Gasteiger partial charge on any atom is 0.291 e. The molecule has 0 aromatic heterocycles. The van der Waals surface area contributed by atoms with E-state index in [-0.39, 0.29) is 6.02 Å². The van der Waals surface area contributed by atoms with Crippen LogP contribution >= 0.6 is 0 Å². The van der Waals surface area contributed by atoms with Crippen LogP contribution in [0.15, 0.2) is 54.6 Å². The first-order valence-corrected chi connectivity index (χ1v) is 7.32. The Balaban J connectivity index is 1.57. The predicted molar refractivity (Wildman–Crippen MR) is 87.9 cm³/mol. The predicted octanol–water partition coefficient (Wildman–Crippen LogP) is 2.95. The molecule has 1 aliphatic heterocycles. The molecule has 0 amide bonds. The number of anilines is 2. The van der Waals surface area contributed by atoms with E-state index >= 15 is 0 Å². The Morgan fingerprint density at radius 1 is 1.00 bits per heavy atom. The SMILES string of the molecule is N=C(Nc1ccc(N2CCOCC2)cc1)Oc1ccccc1. The summed E-state index contributed by atoms with van der Waals surface area (Å²) >= 11 is 0. The van der Waals surface area contributed by atoms with Crippen molar-refractivity contribution in [2.24, 2.45) is 0 Å². The third-order valence-corrected chi connectivity index (χ3v) is 3.46. The molecule has 22 heavy (non-hydrogen) atoms. The van der Waals surface area contributed by atoms with E-state index in [1.807, 2.05) is 54.6 Å². The minimum atomic E-state index is 0.00493. The molecule has 5 nitrogen and oxygen atoms in total. The van der Waals surface area contributed by atoms with Crippen LogP contribution in [0.3, 0.4) is 0 Å². The second-order valence-electron chi connectivity index (χ2n) is 5.02. The molecule has 2 aromatic carbocycles. The summed E-state index contributed by atoms with van der Waals surface area (Å²) in [5.74, 6) is 0.643. The Morgan fingerprint density at radius 3 is 2.36 bits per heavy atom. The van der Waals surface area contributed by atoms with Gasteiger partial charge in [-0.3, -0.25) is 5.41 Å². The summed E-state index contributed by atoms with van der Waals surface area (Å²) in [6, 6.07) is 17.3. The average Bonchev–Trinajstić information content (AvgIpc) is 2.57. The lowest BCUT2D eigenvalue weighted by molar-refractivity contribution is 0.122. The van der Waals surface area contributed by atoms with Gasteiger partial charge in [-0.25, -0.2) is 0 Å². The molecule has 2 aromatic rings. The van der Waals surface area contributed by atoms with Crippen LogP contribution in [0.2, 0.25) is 0 Å². The molecule has 0 unspecified atom stereocenters. The van der Waals surface area contributed by atoms with Gasteiger partial charge in [0.25, 0.3) is 6.02 Å². The summed E-state index contributed by atoms with van der Waals surface area (Å²) in [4.78, 5) is 2.29. The number of hydrogen-bond acceptors (Lipinski definition) is 4. The van der Waals surface area contributed by atoms with Crippen molar-refractivity contribution in [3.8, 4) is 5.75 Å². The lowest BCUT2D eigenvalue weighted by Gasteiger charge is -2.28. The lowest BCUT2D eigenvalue weighted by Crippen LogP contribution is -2.36. The first-order chi connectivity index (χ1) is 10.8. The van der Waals surface area contributed by atoms with Crippen molar-refractivity contribution in [1.82, 2.24) is 0 Å². The normalized spacial score (nSPS) is 14.5. The van der Waals surface area contributed by atoms with E-state index in [1.165, 1.54) is 5.69 Å². The van der Waals surface area contributed by atoms with E-state index in [1.54, 1.807) is 0 Å². The summed E-state index contributed by atoms with van der Waals surface area (Å²) in [6.07, 6.45) is 0. The fraction of sp³-hybridized carbons (Fsp3) is 0.235. The second kappa shape index (κ2) is 6.95. The maximum absolute atomic E-state index is 7.85. The fourth-order valence-corrected chi connectivity index (χ4v) is 2.34. The number of nitrogens with one attached hydrogen (secondary N) is 2. The van der Waals surface area contributed by atoms with Crippen LogP contribution in [0.25, 0.3) is 0 Å². The molecule has 0 bridgehead atoms. The van der Waals surface area contributed by atoms with Crippen LogP contribution < -0.4 is 15.0 Å². The molecular weight excluding hydrogens is 278 g/mol. The third kappa shape index (κ3) is 3.77. The van der Waals surface area contributed by atoms with Gasteiger partial charge in [-0.2, -0.15) is 0 Å². The molecule has 1 aliphatic rings. The highest BCUT2D eigenvalue weighted by atomic mass is 16.5. The molecule has 1 saturated heterocycles. The van der Waals surface area contributed by atoms with Crippen LogP contribution in [0, 0.1) is 5.41 Å². The van der Waals surface area contributed by atoms with E-state index in [0.717, 1.165) is 32.0 Å². The molecular formula is C17H19N3O2. The Labute approximate surface area is 130 Å². The molecule has 3 rings (SSSR count). The van der Waals surface area contributed by atoms with E-state index < -0.39 is 0 Å². The number of amidine groups is 1. The number of hydrogen-bond donors (Lipinski definition) is 2. The van der Waals surface area contributed by atoms with Crippen molar-refractivity contribution < 1.29 is 9.47 Å². The van der Waals surface area contributed by atoms with Crippen LogP contribution in [0.4, 0.5) is 11.4 Å². The van der Waals surface area contributed by atoms with Crippen molar-refractivity contribution in [2.75, 3.05) is 36.5 Å². The van der Waals surface area contributed by atoms with Gasteiger partial charge in [0.15, 0.2) is 0 Å². The molecule has 0 aliphatic carbocycles. The molecule has 0 radical (unpaired) electrons. The molecule has 5 heteroatoms. The van der Waals surface area contributed by atoms with Crippen LogP contribution in [0.1, 0.15) is 0 Å². The number of morpholine rings is 1. The third-order valence-electron chi connectivity index (χ3n) is 3.46. The van der Waals surface area contributed by atoms with Gasteiger partial charge in [-0.1, -0.05) is 18.2 Å². The van der Waals surface area contributed by atoms with Crippen molar-refractivity contribution in [1.29, 1.82) is 5.41 Å². The topological polar surface area (TPSA) is 57.6 Å². The molecule has 0 saturated carbocycles. The zero-order valence-corrected chi connectivity index (χ0v) is 12.3. The molecule has 0 spiro atoms. The first-order valence-electron chi connectivity index (χ1n) is 7.32. The largest absolute Gasteiger partial charge is 0.426 e. The van der Waals surface area contributed by atoms with E-state index in [4.69, 9.17) is 14.9 Å². The zero-order valence-electron chi connectivity index (χ0n) is 12.3. The summed E-state index contributed by atoms with van der Waals surface area (Å²) in [6.45, 7) is 3.38. The van der Waals surface area contributed by atoms with Crippen molar-refractivity contribution in [2.45, 2.75) is 0 Å². The van der Waals surface area contributed by atoms with Crippen molar-refractivity contribution in [3.05, 3.63) is 54.6 Å². The number of nitrogens with zero attached hydrogens (tertiary/aromatic N) is 1. The van der Waals surface area contributed by atoms with E-state index in [9.17, 15) is 0 Å². The number of rotatable bonds is 3. The number of para-hydroxylation sites is 1. The quantitative estimate of drug-likeness (QED) is 0.675.